The molecule has 0 saturated carbocycles. The molecule has 8 heteroatoms. The van der Waals surface area contributed by atoms with Crippen molar-refractivity contribution >= 4 is 0 Å². The zero-order chi connectivity index (χ0) is 28.4. The summed E-state index contributed by atoms with van der Waals surface area (Å²) in [6.45, 7) is 11.8. The van der Waals surface area contributed by atoms with Gasteiger partial charge < -0.3 is 28.0 Å². The topological polar surface area (TPSA) is 89.0 Å². The Morgan fingerprint density at radius 1 is 0.525 bits per heavy atom. The van der Waals surface area contributed by atoms with Gasteiger partial charge in [-0.15, -0.1) is 0 Å². The van der Waals surface area contributed by atoms with E-state index < -0.39 is 0 Å². The molecule has 4 aromatic rings. The van der Waals surface area contributed by atoms with Crippen LogP contribution in [0.15, 0.2) is 69.7 Å². The molecular formula is C32H42N2O6. The monoisotopic (exact) mass is 550 g/mol. The van der Waals surface area contributed by atoms with Gasteiger partial charge in [-0.3, -0.25) is 0 Å². The maximum Gasteiger partial charge on any atom is 0.133 e. The minimum absolute atomic E-state index is 0.576. The van der Waals surface area contributed by atoms with E-state index in [9.17, 15) is 0 Å². The highest BCUT2D eigenvalue weighted by Gasteiger charge is 2.01. The Bertz CT molecular complexity index is 1110. The van der Waals surface area contributed by atoms with Gasteiger partial charge in [-0.25, -0.2) is 0 Å². The maximum atomic E-state index is 5.62. The van der Waals surface area contributed by atoms with Crippen molar-refractivity contribution in [3.8, 4) is 11.5 Å². The Morgan fingerprint density at radius 2 is 1.02 bits per heavy atom. The number of hydrogen-bond acceptors (Lipinski definition) is 8. The first-order chi connectivity index (χ1) is 19.5. The van der Waals surface area contributed by atoms with Gasteiger partial charge in [-0.05, 0) is 64.8 Å². The molecule has 216 valence electrons. The average Bonchev–Trinajstić information content (AvgIpc) is 3.57. The first-order valence-electron chi connectivity index (χ1n) is 13.9. The van der Waals surface area contributed by atoms with E-state index in [4.69, 9.17) is 28.0 Å². The summed E-state index contributed by atoms with van der Waals surface area (Å²) in [5.41, 5.74) is 4.40. The molecule has 0 bridgehead atoms. The number of ether oxygens (including phenoxy) is 4. The van der Waals surface area contributed by atoms with Crippen LogP contribution in [-0.2, 0) is 22.3 Å². The van der Waals surface area contributed by atoms with Gasteiger partial charge in [0.2, 0.25) is 0 Å². The summed E-state index contributed by atoms with van der Waals surface area (Å²) in [4.78, 5) is 0. The fourth-order valence-corrected chi connectivity index (χ4v) is 3.65. The number of benzene rings is 2. The molecule has 0 spiro atoms. The van der Waals surface area contributed by atoms with Gasteiger partial charge in [0.25, 0.3) is 0 Å². The Morgan fingerprint density at radius 3 is 1.57 bits per heavy atom. The molecule has 0 N–H and O–H groups in total. The minimum atomic E-state index is 0.576. The maximum absolute atomic E-state index is 5.62. The third-order valence-corrected chi connectivity index (χ3v) is 5.82. The normalized spacial score (nSPS) is 10.7. The Kier molecular flexibility index (Phi) is 13.8. The van der Waals surface area contributed by atoms with Crippen LogP contribution in [0.3, 0.4) is 0 Å². The molecule has 8 nitrogen and oxygen atoms in total. The molecule has 0 aliphatic carbocycles. The van der Waals surface area contributed by atoms with E-state index in [1.54, 1.807) is 0 Å². The molecule has 0 unspecified atom stereocenters. The number of rotatable bonds is 16. The summed E-state index contributed by atoms with van der Waals surface area (Å²) in [7, 11) is 0. The molecule has 0 aliphatic heterocycles. The van der Waals surface area contributed by atoms with Crippen LogP contribution in [0.25, 0.3) is 0 Å². The molecule has 2 heterocycles. The molecule has 40 heavy (non-hydrogen) atoms. The highest BCUT2D eigenvalue weighted by Crippen LogP contribution is 2.12. The molecule has 0 amide bonds. The summed E-state index contributed by atoms with van der Waals surface area (Å²) in [6, 6.07) is 20.0. The van der Waals surface area contributed by atoms with Crippen molar-refractivity contribution < 1.29 is 28.0 Å². The predicted octanol–water partition coefficient (Wildman–Crippen LogP) is 6.64. The molecule has 0 radical (unpaired) electrons. The second-order valence-electron chi connectivity index (χ2n) is 9.61. The lowest BCUT2D eigenvalue weighted by Gasteiger charge is -2.07. The van der Waals surface area contributed by atoms with Gasteiger partial charge in [-0.2, -0.15) is 0 Å². The number of aryl methyl sites for hydroxylation is 5. The second kappa shape index (κ2) is 17.9. The van der Waals surface area contributed by atoms with E-state index in [1.165, 1.54) is 11.1 Å². The molecule has 2 aromatic heterocycles. The van der Waals surface area contributed by atoms with Crippen LogP contribution in [0.1, 0.15) is 46.9 Å². The number of aromatic nitrogens is 2. The quantitative estimate of drug-likeness (QED) is 0.144. The first-order valence-corrected chi connectivity index (χ1v) is 13.9. The van der Waals surface area contributed by atoms with Gasteiger partial charge in [0.15, 0.2) is 0 Å². The van der Waals surface area contributed by atoms with Crippen molar-refractivity contribution in [3.63, 3.8) is 0 Å². The summed E-state index contributed by atoms with van der Waals surface area (Å²) >= 11 is 0. The van der Waals surface area contributed by atoms with Crippen molar-refractivity contribution in [1.82, 2.24) is 10.3 Å². The first kappa shape index (κ1) is 30.9. The molecule has 4 rings (SSSR count). The van der Waals surface area contributed by atoms with Crippen molar-refractivity contribution in [2.75, 3.05) is 39.6 Å². The van der Waals surface area contributed by atoms with Crippen molar-refractivity contribution in [3.05, 3.63) is 94.7 Å². The zero-order valence-electron chi connectivity index (χ0n) is 24.2. The third kappa shape index (κ3) is 13.0. The van der Waals surface area contributed by atoms with Crippen LogP contribution in [0.2, 0.25) is 0 Å². The van der Waals surface area contributed by atoms with Gasteiger partial charge in [0.05, 0.1) is 31.2 Å². The summed E-state index contributed by atoms with van der Waals surface area (Å²) < 4.78 is 32.3. The molecule has 0 atom stereocenters. The molecule has 0 fully saturated rings. The van der Waals surface area contributed by atoms with E-state index >= 15 is 0 Å². The van der Waals surface area contributed by atoms with E-state index in [2.05, 4.69) is 24.2 Å². The minimum Gasteiger partial charge on any atom is -0.494 e. The van der Waals surface area contributed by atoms with Crippen LogP contribution in [0.4, 0.5) is 0 Å². The highest BCUT2D eigenvalue weighted by molar-refractivity contribution is 5.26. The van der Waals surface area contributed by atoms with E-state index in [0.29, 0.717) is 39.6 Å². The summed E-state index contributed by atoms with van der Waals surface area (Å²) in [6.07, 6.45) is 3.49. The average molecular weight is 551 g/mol. The van der Waals surface area contributed by atoms with Gasteiger partial charge in [0, 0.05) is 38.2 Å². The van der Waals surface area contributed by atoms with Crippen LogP contribution in [0, 0.1) is 27.7 Å². The van der Waals surface area contributed by atoms with Gasteiger partial charge in [-0.1, -0.05) is 45.7 Å². The van der Waals surface area contributed by atoms with Gasteiger partial charge in [0.1, 0.15) is 29.6 Å². The largest absolute Gasteiger partial charge is 0.494 e. The van der Waals surface area contributed by atoms with Crippen LogP contribution in [0.5, 0.6) is 11.5 Å². The van der Waals surface area contributed by atoms with Crippen molar-refractivity contribution in [2.24, 2.45) is 0 Å². The van der Waals surface area contributed by atoms with E-state index in [0.717, 1.165) is 60.1 Å². The van der Waals surface area contributed by atoms with E-state index in [-0.39, 0.29) is 0 Å². The highest BCUT2D eigenvalue weighted by atomic mass is 16.5. The fourth-order valence-electron chi connectivity index (χ4n) is 3.65. The SMILES string of the molecule is Cc1ccc(OCCCOCCc2cc(C)on2)cc1.Cc1ccc(OCCOCCCc2cc(C)on2)cc1. The zero-order valence-corrected chi connectivity index (χ0v) is 24.2. The number of nitrogens with zero attached hydrogens (tertiary/aromatic N) is 2. The van der Waals surface area contributed by atoms with Crippen LogP contribution in [-0.4, -0.2) is 50.0 Å². The smallest absolute Gasteiger partial charge is 0.133 e. The number of hydrogen-bond donors (Lipinski definition) is 0. The van der Waals surface area contributed by atoms with E-state index in [1.807, 2.05) is 74.5 Å². The van der Waals surface area contributed by atoms with Gasteiger partial charge >= 0.3 is 0 Å². The Balaban J connectivity index is 0.000000220. The summed E-state index contributed by atoms with van der Waals surface area (Å²) in [5.74, 6) is 3.49. The fraction of sp³-hybridized carbons (Fsp3) is 0.438. The molecule has 0 aliphatic rings. The van der Waals surface area contributed by atoms with Crippen LogP contribution >= 0.6 is 0 Å². The molecule has 2 aromatic carbocycles. The predicted molar refractivity (Wildman–Crippen MR) is 154 cm³/mol. The Hall–Kier alpha value is -3.62. The van der Waals surface area contributed by atoms with Crippen molar-refractivity contribution in [1.29, 1.82) is 0 Å². The lowest BCUT2D eigenvalue weighted by atomic mass is 10.2. The second-order valence-corrected chi connectivity index (χ2v) is 9.61. The third-order valence-electron chi connectivity index (χ3n) is 5.82. The van der Waals surface area contributed by atoms with Crippen molar-refractivity contribution in [2.45, 2.75) is 53.4 Å². The Labute approximate surface area is 237 Å². The molecular weight excluding hydrogens is 508 g/mol. The lowest BCUT2D eigenvalue weighted by Crippen LogP contribution is -2.08. The summed E-state index contributed by atoms with van der Waals surface area (Å²) in [5, 5.41) is 7.86. The van der Waals surface area contributed by atoms with Crippen LogP contribution < -0.4 is 9.47 Å². The molecule has 0 saturated heterocycles. The lowest BCUT2D eigenvalue weighted by molar-refractivity contribution is 0.0983. The standard InChI is InChI=1S/2C16H21NO3/c1-13-4-6-16(7-5-13)19-10-3-9-18-11-8-15-12-14(2)20-17-15;1-13-5-7-16(8-6-13)19-11-10-18-9-3-4-15-12-14(2)20-17-15/h4-7,12H,3,8-11H2,1-2H3;5-8,12H,3-4,9-11H2,1-2H3.